The monoisotopic (exact) mass is 2310 g/mol. The Morgan fingerprint density at radius 3 is 1.01 bits per heavy atom. The number of benzene rings is 4. The molecule has 0 saturated heterocycles. The summed E-state index contributed by atoms with van der Waals surface area (Å²) in [6, 6.07) is 37.4. The van der Waals surface area contributed by atoms with Crippen molar-refractivity contribution in [1.82, 2.24) is 39.9 Å². The molecule has 12 N–H and O–H groups in total. The van der Waals surface area contributed by atoms with Crippen molar-refractivity contribution in [1.29, 1.82) is 0 Å². The summed E-state index contributed by atoms with van der Waals surface area (Å²) in [6.07, 6.45) is 19.6. The molecule has 780 valence electrons. The number of hydrogen-bond acceptors (Lipinski definition) is 30. The zero-order valence-corrected chi connectivity index (χ0v) is 91.7. The normalized spacial score (nSPS) is 20.1. The molecule has 15 atom stereocenters. The van der Waals surface area contributed by atoms with Crippen molar-refractivity contribution in [3.05, 3.63) is 296 Å². The molecule has 12 aromatic rings. The molecule has 0 amide bonds. The van der Waals surface area contributed by atoms with Gasteiger partial charge >= 0.3 is 33.4 Å². The molecule has 3 unspecified atom stereocenters. The first-order chi connectivity index (χ1) is 66.0. The van der Waals surface area contributed by atoms with Gasteiger partial charge in [-0.25, -0.2) is 45.0 Å². The Bertz CT molecular complexity index is 6210. The Kier molecular flexibility index (Phi) is 51.6. The second-order valence-electron chi connectivity index (χ2n) is 35.1. The summed E-state index contributed by atoms with van der Waals surface area (Å²) < 4.78 is 28.0. The Morgan fingerprint density at radius 2 is 0.745 bits per heavy atom. The summed E-state index contributed by atoms with van der Waals surface area (Å²) in [6.45, 7) is 19.2. The van der Waals surface area contributed by atoms with E-state index in [2.05, 4.69) is 106 Å². The number of anilines is 4. The Hall–Kier alpha value is -7.25. The number of nitrogens with two attached hydrogens (primary N) is 1. The summed E-state index contributed by atoms with van der Waals surface area (Å²) in [5.74, 6) is 3.34. The van der Waals surface area contributed by atoms with E-state index in [4.69, 9.17) is 103 Å². The molecule has 4 fully saturated rings. The van der Waals surface area contributed by atoms with Crippen LogP contribution in [0.4, 0.5) is 23.3 Å². The van der Waals surface area contributed by atoms with Crippen LogP contribution < -0.4 is 43.4 Å². The molecule has 4 aliphatic carbocycles. The van der Waals surface area contributed by atoms with E-state index in [0.29, 0.717) is 158 Å². The maximum Gasteiger partial charge on any atom is 2.00 e. The van der Waals surface area contributed by atoms with Crippen molar-refractivity contribution >= 4 is 224 Å². The topological polar surface area (TPSA) is 427 Å². The van der Waals surface area contributed by atoms with Gasteiger partial charge in [0, 0.05) is 105 Å². The van der Waals surface area contributed by atoms with Crippen LogP contribution in [-0.2, 0) is 31.3 Å². The molecule has 27 nitrogen and oxygen atoms in total. The van der Waals surface area contributed by atoms with E-state index in [-0.39, 0.29) is 164 Å². The molecule has 0 aliphatic heterocycles. The van der Waals surface area contributed by atoms with Crippen LogP contribution in [0.25, 0.3) is 0 Å². The smallest absolute Gasteiger partial charge is 1.00 e. The van der Waals surface area contributed by atoms with E-state index < -0.39 is 44.9 Å². The molecular weight excluding hydrogens is 2190 g/mol. The van der Waals surface area contributed by atoms with Gasteiger partial charge in [-0.05, 0) is 199 Å². The number of ketones is 5. The first-order valence-electron chi connectivity index (χ1n) is 44.8. The van der Waals surface area contributed by atoms with Gasteiger partial charge in [-0.3, -0.25) is 28.2 Å². The molecule has 8 aromatic heterocycles. The number of Topliss-reactive ketones (excluding diaryl/α,β-unsaturated/α-hetero) is 1. The number of carbonyl (C=O) groups excluding carboxylic acids is 5. The minimum absolute atomic E-state index is 0. The van der Waals surface area contributed by atoms with E-state index in [1.54, 1.807) is 125 Å². The van der Waals surface area contributed by atoms with Gasteiger partial charge in [0.05, 0.1) is 67.5 Å². The van der Waals surface area contributed by atoms with Crippen molar-refractivity contribution in [2.24, 2.45) is 46.6 Å². The summed E-state index contributed by atoms with van der Waals surface area (Å²) in [5, 5.41) is 81.7. The minimum atomic E-state index is -4.12. The fourth-order valence-electron chi connectivity index (χ4n) is 17.5. The molecule has 0 bridgehead atoms. The van der Waals surface area contributed by atoms with Crippen LogP contribution >= 0.6 is 138 Å². The molecule has 4 saturated carbocycles. The van der Waals surface area contributed by atoms with Crippen LogP contribution in [0.2, 0.25) is 37.4 Å². The fourth-order valence-corrected chi connectivity index (χ4v) is 24.1. The number of aromatic nitrogens is 8. The molecule has 0 radical (unpaired) electrons. The largest absolute Gasteiger partial charge is 2.00 e. The average molecular weight is 2320 g/mol. The van der Waals surface area contributed by atoms with Gasteiger partial charge in [-0.1, -0.05) is 200 Å². The van der Waals surface area contributed by atoms with Gasteiger partial charge in [0.15, 0.2) is 5.78 Å². The third kappa shape index (κ3) is 33.9. The first kappa shape index (κ1) is 128. The number of thiophene rings is 4. The predicted octanol–water partition coefficient (Wildman–Crippen LogP) is 21.0. The van der Waals surface area contributed by atoms with E-state index in [9.17, 15) is 57.9 Å². The average Bonchev–Trinajstić information content (AvgIpc) is 1.72. The third-order valence-corrected chi connectivity index (χ3v) is 32.0. The molecule has 4 aliphatic rings. The van der Waals surface area contributed by atoms with Gasteiger partial charge in [0.1, 0.15) is 69.7 Å². The molecule has 42 heteroatoms. The van der Waals surface area contributed by atoms with Crippen LogP contribution in [0.3, 0.4) is 0 Å². The van der Waals surface area contributed by atoms with Crippen molar-refractivity contribution in [3.8, 4) is 0 Å². The third-order valence-electron chi connectivity index (χ3n) is 25.1. The van der Waals surface area contributed by atoms with Gasteiger partial charge < -0.3 is 68.9 Å². The molecule has 8 heterocycles. The Labute approximate surface area is 932 Å². The first-order valence-corrected chi connectivity index (χ1v) is 52.5. The Balaban J connectivity index is 0.000000326. The van der Waals surface area contributed by atoms with Crippen molar-refractivity contribution in [2.75, 3.05) is 41.1 Å². The van der Waals surface area contributed by atoms with E-state index in [1.165, 1.54) is 63.1 Å². The maximum atomic E-state index is 13.4. The van der Waals surface area contributed by atoms with Crippen molar-refractivity contribution in [3.63, 3.8) is 0 Å². The van der Waals surface area contributed by atoms with Gasteiger partial charge in [-0.15, -0.1) is 45.3 Å². The second kappa shape index (κ2) is 58.4. The summed E-state index contributed by atoms with van der Waals surface area (Å²) in [4.78, 5) is 99.6. The quantitative estimate of drug-likeness (QED) is 0.0118. The van der Waals surface area contributed by atoms with Crippen LogP contribution in [0.5, 0.6) is 0 Å². The number of nitrogens with zero attached hydrogens (tertiary/aromatic N) is 8. The van der Waals surface area contributed by atoms with Crippen molar-refractivity contribution < 1.29 is 84.2 Å². The van der Waals surface area contributed by atoms with Crippen LogP contribution in [-0.4, -0.2) is 181 Å². The second-order valence-corrected chi connectivity index (χ2v) is 44.6. The summed E-state index contributed by atoms with van der Waals surface area (Å²) in [7, 11) is -4.12. The fraction of sp³-hybridized carbons (Fsp3) is 0.408. The van der Waals surface area contributed by atoms with Crippen molar-refractivity contribution in [2.45, 2.75) is 210 Å². The van der Waals surface area contributed by atoms with Crippen LogP contribution in [0.1, 0.15) is 268 Å². The number of halogens is 9. The van der Waals surface area contributed by atoms with E-state index in [0.717, 1.165) is 102 Å². The zero-order valence-electron chi connectivity index (χ0n) is 78.5. The molecule has 145 heavy (non-hydrogen) atoms. The minimum Gasteiger partial charge on any atom is -1.00 e. The molecule has 16 rings (SSSR count). The molecular formula is C103H124BrCl8MgN13O14S5. The number of nitrogens with one attached hydrogen (secondary N) is 4. The van der Waals surface area contributed by atoms with E-state index in [1.807, 2.05) is 18.2 Å². The van der Waals surface area contributed by atoms with Crippen LogP contribution in [0.15, 0.2) is 171 Å². The Morgan fingerprint density at radius 1 is 0.448 bits per heavy atom. The van der Waals surface area contributed by atoms with Gasteiger partial charge in [0.25, 0.3) is 0 Å². The number of aliphatic hydroxyl groups excluding tert-OH is 3. The van der Waals surface area contributed by atoms with Crippen LogP contribution in [0, 0.1) is 47.5 Å². The summed E-state index contributed by atoms with van der Waals surface area (Å²) >= 11 is 53.7. The number of rotatable bonds is 29. The maximum absolute atomic E-state index is 13.4. The van der Waals surface area contributed by atoms with E-state index >= 15 is 0 Å². The predicted molar refractivity (Wildman–Crippen MR) is 586 cm³/mol. The number of hydrogen-bond donors (Lipinski definition) is 11. The SMILES string of the molecule is C.C.C.C.CC(O)(c1cccc(Cl)c1)c1cc(C(=O)c2cncnc2N[C@@H]2C[C@H](COS(N)(=O)=O)[C@@H](O)C2)sc1Cl.CCO.CC[C@H]1C[C@@H](Nc2ncncc2C(=O)c2cc(C(C)(O)c3cccc(Cl)c3)c(Cl)s2)C[C@@H]1C.CC[C@H]1C[C@@H](Nc2ncncc2C(=O)c2cc(C(C)=O)c(Cl)s2)C[C@@H]1C.C[C@H]1C[C@H](Nc2ncncc2C(=O)c2cc(C(C)(O)c3cccc(Cl)c3)c(Cl)s2)C[C@@H]1CO.Clc1c[c-]ccc1.[Br-].[Mg+2]. The van der Waals surface area contributed by atoms with Gasteiger partial charge in [0.2, 0.25) is 23.1 Å². The van der Waals surface area contributed by atoms with Gasteiger partial charge in [-0.2, -0.15) is 50.4 Å². The zero-order chi connectivity index (χ0) is 101. The molecule has 0 spiro atoms. The number of aliphatic hydroxyl groups is 6. The standard InChI is InChI=1S/C25H27Cl2N3O2S.C24H25Cl2N3O3S.C23H24Cl2N4O6S2.C19H22ClN3O2S.C6H4Cl.C2H6O.4CH4.BrH.Mg/c1-4-15-9-18(8-14(15)2)30-24-19(12-28-13-29-24)22(31)21-11-20(23(27)33-21)25(3,32)16-6-5-7-17(26)10-16;1-13-6-17(7-14(13)11-30)29-23-18(10-27-12-28-23)21(31)20-9-19(22(26)33-20)24(2,32)15-4-3-5-16(25)8-15;1-23(32,13-3-2-4-14(24)6-13)17-8-19(36-21(17)25)20(31)16-9-27-11-28-22(16)29-15-5-12(18(30)7-15)10-35-37(26,33)34;1-4-12-6-13(5-10(12)2)23-19-15(8-21-9-22-19)17(25)16-7-14(11(3)24)18(20)26-16;7-6-4-2-1-3-5-6;1-2-3;;;;;;/h5-7,10-15,18,32H,4,8-9H2,1-3H3,(H,28,29,30);3-5,8-10,12-14,17,30,32H,6-7,11H2,1-2H3,(H,27,28,29);2-4,6,8-9,11-12,15,18,30,32H,5,7,10H2,1H3,(H2,26,33,34)(H,27,28,29);7-10,12-13H,4-6H2,1-3H3,(H,21,22,23);1-2,4-5H;3H,2H2,1H3;4*1H4;1H;/q;;;;-1;;;;;;;+2/p-1/t14-,15-,18-,25?;13-,14+,17-,24?;12-,15-,18+,23?;10-,12-,13-;;;;;;;;/m0010......../s1. The summed E-state index contributed by atoms with van der Waals surface area (Å²) in [5.41, 5.74) is 0.308. The molecule has 4 aromatic carbocycles. The number of carbonyl (C=O) groups is 5.